The standard InChI is InChI=1S/C21H35N3O2.HI/c1-3-22-20(23-15-19(16-25)18-9-5-4-6-10-18)24-17-21(13-14-26-2)11-7-8-12-21;/h4-6,9-10,19,25H,3,7-8,11-17H2,1-2H3,(H2,22,23,24);1H. The minimum atomic E-state index is 0. The Morgan fingerprint density at radius 1 is 1.22 bits per heavy atom. The molecule has 0 heterocycles. The fourth-order valence-electron chi connectivity index (χ4n) is 3.75. The van der Waals surface area contributed by atoms with E-state index in [4.69, 9.17) is 9.73 Å². The van der Waals surface area contributed by atoms with Crippen molar-refractivity contribution in [2.24, 2.45) is 10.4 Å². The molecule has 154 valence electrons. The SMILES string of the molecule is CCNC(=NCC1(CCOC)CCCC1)NCC(CO)c1ccccc1.I. The topological polar surface area (TPSA) is 65.9 Å². The number of aliphatic imine (C=N–C) groups is 1. The normalized spacial score (nSPS) is 17.2. The smallest absolute Gasteiger partial charge is 0.191 e. The number of aliphatic hydroxyl groups is 1. The highest BCUT2D eigenvalue weighted by molar-refractivity contribution is 14.0. The Bertz CT molecular complexity index is 533. The summed E-state index contributed by atoms with van der Waals surface area (Å²) in [4.78, 5) is 4.88. The Balaban J connectivity index is 0.00000364. The van der Waals surface area contributed by atoms with E-state index in [0.717, 1.165) is 37.6 Å². The van der Waals surface area contributed by atoms with Crippen LogP contribution in [0.15, 0.2) is 35.3 Å². The number of nitrogens with zero attached hydrogens (tertiary/aromatic N) is 1. The van der Waals surface area contributed by atoms with Gasteiger partial charge in [0.2, 0.25) is 0 Å². The van der Waals surface area contributed by atoms with E-state index < -0.39 is 0 Å². The van der Waals surface area contributed by atoms with Crippen LogP contribution in [0.25, 0.3) is 0 Å². The lowest BCUT2D eigenvalue weighted by Crippen LogP contribution is -2.40. The van der Waals surface area contributed by atoms with Crippen molar-refractivity contribution >= 4 is 29.9 Å². The van der Waals surface area contributed by atoms with Crippen LogP contribution >= 0.6 is 24.0 Å². The number of aliphatic hydroxyl groups excluding tert-OH is 1. The molecule has 2 rings (SSSR count). The Labute approximate surface area is 181 Å². The van der Waals surface area contributed by atoms with Gasteiger partial charge in [-0.1, -0.05) is 43.2 Å². The Kier molecular flexibility index (Phi) is 11.9. The summed E-state index contributed by atoms with van der Waals surface area (Å²) < 4.78 is 5.32. The molecule has 1 fully saturated rings. The van der Waals surface area contributed by atoms with Crippen molar-refractivity contribution in [1.29, 1.82) is 0 Å². The van der Waals surface area contributed by atoms with Gasteiger partial charge in [-0.2, -0.15) is 0 Å². The Morgan fingerprint density at radius 3 is 2.52 bits per heavy atom. The van der Waals surface area contributed by atoms with Crippen molar-refractivity contribution in [2.45, 2.75) is 44.9 Å². The zero-order valence-corrected chi connectivity index (χ0v) is 19.1. The number of hydrogen-bond donors (Lipinski definition) is 3. The maximum Gasteiger partial charge on any atom is 0.191 e. The van der Waals surface area contributed by atoms with Crippen LogP contribution in [0, 0.1) is 5.41 Å². The summed E-state index contributed by atoms with van der Waals surface area (Å²) >= 11 is 0. The van der Waals surface area contributed by atoms with E-state index in [1.54, 1.807) is 7.11 Å². The predicted molar refractivity (Wildman–Crippen MR) is 123 cm³/mol. The molecule has 0 spiro atoms. The van der Waals surface area contributed by atoms with Crippen molar-refractivity contribution < 1.29 is 9.84 Å². The molecule has 5 nitrogen and oxygen atoms in total. The van der Waals surface area contributed by atoms with Crippen molar-refractivity contribution in [3.63, 3.8) is 0 Å². The van der Waals surface area contributed by atoms with Crippen molar-refractivity contribution in [2.75, 3.05) is 40.0 Å². The molecule has 6 heteroatoms. The summed E-state index contributed by atoms with van der Waals surface area (Å²) in [6.07, 6.45) is 6.15. The molecule has 0 saturated heterocycles. The minimum absolute atomic E-state index is 0. The Hall–Kier alpha value is -0.860. The van der Waals surface area contributed by atoms with E-state index in [0.29, 0.717) is 6.54 Å². The van der Waals surface area contributed by atoms with Crippen LogP contribution in [-0.2, 0) is 4.74 Å². The molecule has 1 aromatic carbocycles. The van der Waals surface area contributed by atoms with Gasteiger partial charge in [-0.25, -0.2) is 0 Å². The molecule has 1 aliphatic rings. The average Bonchev–Trinajstić information content (AvgIpc) is 3.15. The zero-order chi connectivity index (χ0) is 18.7. The number of nitrogens with one attached hydrogen (secondary N) is 2. The number of rotatable bonds is 10. The summed E-state index contributed by atoms with van der Waals surface area (Å²) in [7, 11) is 1.77. The van der Waals surface area contributed by atoms with E-state index in [9.17, 15) is 5.11 Å². The summed E-state index contributed by atoms with van der Waals surface area (Å²) in [6, 6.07) is 10.1. The van der Waals surface area contributed by atoms with Gasteiger partial charge in [0.15, 0.2) is 5.96 Å². The maximum absolute atomic E-state index is 9.75. The van der Waals surface area contributed by atoms with Gasteiger partial charge in [-0.3, -0.25) is 4.99 Å². The highest BCUT2D eigenvalue weighted by atomic mass is 127. The monoisotopic (exact) mass is 489 g/mol. The number of guanidine groups is 1. The molecular weight excluding hydrogens is 453 g/mol. The molecule has 0 aliphatic heterocycles. The van der Waals surface area contributed by atoms with Crippen LogP contribution in [0.3, 0.4) is 0 Å². The molecular formula is C21H36IN3O2. The summed E-state index contributed by atoms with van der Waals surface area (Å²) in [5.41, 5.74) is 1.43. The Morgan fingerprint density at radius 2 is 1.93 bits per heavy atom. The lowest BCUT2D eigenvalue weighted by atomic mass is 9.83. The second kappa shape index (κ2) is 13.3. The summed E-state index contributed by atoms with van der Waals surface area (Å²) in [5, 5.41) is 16.5. The molecule has 0 aromatic heterocycles. The quantitative estimate of drug-likeness (QED) is 0.267. The van der Waals surface area contributed by atoms with Gasteiger partial charge in [0.05, 0.1) is 6.61 Å². The highest BCUT2D eigenvalue weighted by Crippen LogP contribution is 2.41. The number of ether oxygens (including phenoxy) is 1. The molecule has 1 unspecified atom stereocenters. The zero-order valence-electron chi connectivity index (χ0n) is 16.7. The van der Waals surface area contributed by atoms with E-state index in [2.05, 4.69) is 29.7 Å². The van der Waals surface area contributed by atoms with Gasteiger partial charge < -0.3 is 20.5 Å². The third-order valence-corrected chi connectivity index (χ3v) is 5.42. The molecule has 0 amide bonds. The predicted octanol–water partition coefficient (Wildman–Crippen LogP) is 3.53. The third kappa shape index (κ3) is 7.95. The van der Waals surface area contributed by atoms with Crippen molar-refractivity contribution in [3.8, 4) is 0 Å². The van der Waals surface area contributed by atoms with Crippen molar-refractivity contribution in [1.82, 2.24) is 10.6 Å². The number of halogens is 1. The first-order chi connectivity index (χ1) is 12.7. The van der Waals surface area contributed by atoms with Crippen LogP contribution in [0.4, 0.5) is 0 Å². The fraction of sp³-hybridized carbons (Fsp3) is 0.667. The van der Waals surface area contributed by atoms with E-state index in [-0.39, 0.29) is 41.9 Å². The lowest BCUT2D eigenvalue weighted by Gasteiger charge is -2.27. The van der Waals surface area contributed by atoms with Crippen LogP contribution in [0.5, 0.6) is 0 Å². The van der Waals surface area contributed by atoms with E-state index >= 15 is 0 Å². The molecule has 1 aromatic rings. The maximum atomic E-state index is 9.75. The van der Waals surface area contributed by atoms with Gasteiger partial charge in [0.1, 0.15) is 0 Å². The number of hydrogen-bond acceptors (Lipinski definition) is 3. The van der Waals surface area contributed by atoms with Crippen LogP contribution < -0.4 is 10.6 Å². The van der Waals surface area contributed by atoms with Gasteiger partial charge in [-0.15, -0.1) is 24.0 Å². The highest BCUT2D eigenvalue weighted by Gasteiger charge is 2.33. The van der Waals surface area contributed by atoms with E-state index in [1.165, 1.54) is 25.7 Å². The van der Waals surface area contributed by atoms with Crippen molar-refractivity contribution in [3.05, 3.63) is 35.9 Å². The fourth-order valence-corrected chi connectivity index (χ4v) is 3.75. The molecule has 1 saturated carbocycles. The molecule has 0 bridgehead atoms. The lowest BCUT2D eigenvalue weighted by molar-refractivity contribution is 0.141. The van der Waals surface area contributed by atoms with Gasteiger partial charge in [0.25, 0.3) is 0 Å². The second-order valence-electron chi connectivity index (χ2n) is 7.32. The molecule has 27 heavy (non-hydrogen) atoms. The van der Waals surface area contributed by atoms with Gasteiger partial charge in [0, 0.05) is 39.3 Å². The third-order valence-electron chi connectivity index (χ3n) is 5.42. The summed E-state index contributed by atoms with van der Waals surface area (Å²) in [5.74, 6) is 0.902. The first-order valence-corrected chi connectivity index (χ1v) is 9.90. The van der Waals surface area contributed by atoms with Crippen LogP contribution in [0.1, 0.15) is 50.5 Å². The molecule has 1 atom stereocenters. The number of methoxy groups -OCH3 is 1. The van der Waals surface area contributed by atoms with E-state index in [1.807, 2.05) is 18.2 Å². The second-order valence-corrected chi connectivity index (χ2v) is 7.32. The molecule has 0 radical (unpaired) electrons. The summed E-state index contributed by atoms with van der Waals surface area (Å²) in [6.45, 7) is 5.33. The molecule has 3 N–H and O–H groups in total. The minimum Gasteiger partial charge on any atom is -0.396 e. The largest absolute Gasteiger partial charge is 0.396 e. The van der Waals surface area contributed by atoms with Crippen LogP contribution in [-0.4, -0.2) is 51.0 Å². The number of benzene rings is 1. The first-order valence-electron chi connectivity index (χ1n) is 9.90. The van der Waals surface area contributed by atoms with Gasteiger partial charge >= 0.3 is 0 Å². The van der Waals surface area contributed by atoms with Crippen LogP contribution in [0.2, 0.25) is 0 Å². The average molecular weight is 489 g/mol. The molecule has 1 aliphatic carbocycles. The van der Waals surface area contributed by atoms with Gasteiger partial charge in [-0.05, 0) is 37.2 Å². The first kappa shape index (κ1) is 24.2.